The first kappa shape index (κ1) is 17.0. The number of carbonyl (C=O) groups is 1. The van der Waals surface area contributed by atoms with E-state index in [1.54, 1.807) is 6.07 Å². The lowest BCUT2D eigenvalue weighted by Gasteiger charge is -2.16. The maximum atomic E-state index is 12.7. The number of nitrogens with one attached hydrogen (secondary N) is 2. The Kier molecular flexibility index (Phi) is 4.98. The number of rotatable bonds is 5. The van der Waals surface area contributed by atoms with Crippen molar-refractivity contribution in [3.05, 3.63) is 76.1 Å². The fourth-order valence-electron chi connectivity index (χ4n) is 3.19. The molecule has 4 heteroatoms. The molecule has 1 aromatic heterocycles. The number of hydrogen-bond acceptors (Lipinski definition) is 2. The minimum Gasteiger partial charge on any atom is -0.325 e. The topological polar surface area (TPSA) is 62.0 Å². The van der Waals surface area contributed by atoms with E-state index in [-0.39, 0.29) is 17.4 Å². The van der Waals surface area contributed by atoms with Gasteiger partial charge in [-0.1, -0.05) is 50.2 Å². The lowest BCUT2D eigenvalue weighted by molar-refractivity contribution is -0.117. The minimum absolute atomic E-state index is 0.0398. The van der Waals surface area contributed by atoms with Crippen LogP contribution >= 0.6 is 0 Å². The van der Waals surface area contributed by atoms with E-state index in [9.17, 15) is 9.59 Å². The van der Waals surface area contributed by atoms with Gasteiger partial charge in [-0.15, -0.1) is 0 Å². The molecule has 0 radical (unpaired) electrons. The molecule has 128 valence electrons. The maximum Gasteiger partial charge on any atom is 0.248 e. The van der Waals surface area contributed by atoms with Crippen LogP contribution in [0.2, 0.25) is 0 Å². The second kappa shape index (κ2) is 7.34. The summed E-state index contributed by atoms with van der Waals surface area (Å²) < 4.78 is 0. The first-order valence-electron chi connectivity index (χ1n) is 8.64. The molecule has 3 rings (SSSR count). The molecule has 0 fully saturated rings. The fraction of sp³-hybridized carbons (Fsp3) is 0.238. The van der Waals surface area contributed by atoms with Crippen molar-refractivity contribution in [1.29, 1.82) is 0 Å². The number of hydrogen-bond donors (Lipinski definition) is 2. The van der Waals surface area contributed by atoms with Crippen molar-refractivity contribution in [2.24, 2.45) is 0 Å². The third-order valence-electron chi connectivity index (χ3n) is 4.50. The average molecular weight is 334 g/mol. The third kappa shape index (κ3) is 3.63. The van der Waals surface area contributed by atoms with Gasteiger partial charge in [0.05, 0.1) is 11.4 Å². The smallest absolute Gasteiger partial charge is 0.248 e. The van der Waals surface area contributed by atoms with E-state index in [1.807, 2.05) is 62.4 Å². The summed E-state index contributed by atoms with van der Waals surface area (Å²) in [6.07, 6.45) is 1.51. The van der Waals surface area contributed by atoms with E-state index in [1.165, 1.54) is 0 Å². The van der Waals surface area contributed by atoms with Gasteiger partial charge in [-0.2, -0.15) is 0 Å². The summed E-state index contributed by atoms with van der Waals surface area (Å²) in [7, 11) is 0. The molecule has 4 nitrogen and oxygen atoms in total. The minimum atomic E-state index is -0.196. The van der Waals surface area contributed by atoms with Crippen LogP contribution in [0.4, 0.5) is 5.69 Å². The van der Waals surface area contributed by atoms with Crippen LogP contribution in [0.3, 0.4) is 0 Å². The lowest BCUT2D eigenvalue weighted by atomic mass is 9.95. The Bertz CT molecular complexity index is 945. The van der Waals surface area contributed by atoms with Gasteiger partial charge in [0.1, 0.15) is 0 Å². The van der Waals surface area contributed by atoms with Crippen molar-refractivity contribution in [2.45, 2.75) is 32.6 Å². The number of fused-ring (bicyclic) bond motifs is 1. The highest BCUT2D eigenvalue weighted by Gasteiger charge is 2.18. The van der Waals surface area contributed by atoms with Gasteiger partial charge < -0.3 is 10.3 Å². The SMILES string of the molecule is CCc1cc(=O)[nH]c2cc(NC(=O)C(CC)c3ccccc3)ccc12. The van der Waals surface area contributed by atoms with Crippen LogP contribution in [0, 0.1) is 0 Å². The molecule has 1 heterocycles. The molecule has 1 unspecified atom stereocenters. The van der Waals surface area contributed by atoms with Gasteiger partial charge in [-0.05, 0) is 36.1 Å². The van der Waals surface area contributed by atoms with Gasteiger partial charge in [0.15, 0.2) is 0 Å². The van der Waals surface area contributed by atoms with Gasteiger partial charge in [0, 0.05) is 17.1 Å². The molecule has 3 aromatic rings. The largest absolute Gasteiger partial charge is 0.325 e. The fourth-order valence-corrected chi connectivity index (χ4v) is 3.19. The zero-order valence-corrected chi connectivity index (χ0v) is 14.5. The molecule has 1 amide bonds. The van der Waals surface area contributed by atoms with Crippen LogP contribution in [0.5, 0.6) is 0 Å². The van der Waals surface area contributed by atoms with E-state index in [0.29, 0.717) is 5.69 Å². The van der Waals surface area contributed by atoms with E-state index in [4.69, 9.17) is 0 Å². The molecule has 0 bridgehead atoms. The predicted molar refractivity (Wildman–Crippen MR) is 102 cm³/mol. The van der Waals surface area contributed by atoms with Crippen LogP contribution < -0.4 is 10.9 Å². The first-order valence-corrected chi connectivity index (χ1v) is 8.64. The zero-order chi connectivity index (χ0) is 17.8. The molecule has 0 aliphatic carbocycles. The van der Waals surface area contributed by atoms with Crippen LogP contribution in [0.25, 0.3) is 10.9 Å². The Labute approximate surface area is 146 Å². The van der Waals surface area contributed by atoms with E-state index >= 15 is 0 Å². The Morgan fingerprint density at radius 1 is 1.08 bits per heavy atom. The van der Waals surface area contributed by atoms with E-state index < -0.39 is 0 Å². The maximum absolute atomic E-state index is 12.7. The Morgan fingerprint density at radius 3 is 2.52 bits per heavy atom. The molecule has 0 aliphatic rings. The summed E-state index contributed by atoms with van der Waals surface area (Å²) in [6, 6.07) is 17.1. The second-order valence-electron chi connectivity index (χ2n) is 6.13. The van der Waals surface area contributed by atoms with E-state index in [2.05, 4.69) is 10.3 Å². The van der Waals surface area contributed by atoms with Crippen LogP contribution in [-0.4, -0.2) is 10.9 Å². The second-order valence-corrected chi connectivity index (χ2v) is 6.13. The molecular weight excluding hydrogens is 312 g/mol. The first-order chi connectivity index (χ1) is 12.1. The average Bonchev–Trinajstić information content (AvgIpc) is 2.62. The lowest BCUT2D eigenvalue weighted by Crippen LogP contribution is -2.20. The quantitative estimate of drug-likeness (QED) is 0.734. The van der Waals surface area contributed by atoms with E-state index in [0.717, 1.165) is 34.9 Å². The molecule has 0 saturated carbocycles. The standard InChI is InChI=1S/C21H22N2O2/c1-3-14-12-20(24)23-19-13-16(10-11-18(14)19)22-21(25)17(4-2)15-8-6-5-7-9-15/h5-13,17H,3-4H2,1-2H3,(H,22,25)(H,23,24). The van der Waals surface area contributed by atoms with Gasteiger partial charge in [-0.25, -0.2) is 0 Å². The highest BCUT2D eigenvalue weighted by atomic mass is 16.2. The number of amides is 1. The summed E-state index contributed by atoms with van der Waals surface area (Å²) >= 11 is 0. The zero-order valence-electron chi connectivity index (χ0n) is 14.5. The monoisotopic (exact) mass is 334 g/mol. The number of carbonyl (C=O) groups excluding carboxylic acids is 1. The van der Waals surface area contributed by atoms with Crippen LogP contribution in [-0.2, 0) is 11.2 Å². The number of aryl methyl sites for hydroxylation is 1. The summed E-state index contributed by atoms with van der Waals surface area (Å²) in [5.41, 5.74) is 3.33. The Balaban J connectivity index is 1.89. The highest BCUT2D eigenvalue weighted by Crippen LogP contribution is 2.24. The number of pyridine rings is 1. The Morgan fingerprint density at radius 2 is 1.84 bits per heavy atom. The summed E-state index contributed by atoms with van der Waals surface area (Å²) in [5.74, 6) is -0.236. The van der Waals surface area contributed by atoms with Crippen molar-refractivity contribution in [2.75, 3.05) is 5.32 Å². The van der Waals surface area contributed by atoms with Crippen molar-refractivity contribution in [3.63, 3.8) is 0 Å². The van der Waals surface area contributed by atoms with Gasteiger partial charge in [0.25, 0.3) is 0 Å². The molecule has 0 saturated heterocycles. The highest BCUT2D eigenvalue weighted by molar-refractivity contribution is 5.97. The third-order valence-corrected chi connectivity index (χ3v) is 4.50. The van der Waals surface area contributed by atoms with Crippen molar-refractivity contribution in [1.82, 2.24) is 4.98 Å². The molecule has 1 atom stereocenters. The van der Waals surface area contributed by atoms with Crippen LogP contribution in [0.15, 0.2) is 59.4 Å². The number of aromatic amines is 1. The van der Waals surface area contributed by atoms with Crippen LogP contribution in [0.1, 0.15) is 37.3 Å². The number of anilines is 1. The molecule has 2 aromatic carbocycles. The normalized spacial score (nSPS) is 12.1. The molecule has 0 aliphatic heterocycles. The molecule has 0 spiro atoms. The molecular formula is C21H22N2O2. The van der Waals surface area contributed by atoms with Crippen molar-refractivity contribution in [3.8, 4) is 0 Å². The molecule has 25 heavy (non-hydrogen) atoms. The number of benzene rings is 2. The summed E-state index contributed by atoms with van der Waals surface area (Å²) in [6.45, 7) is 4.03. The van der Waals surface area contributed by atoms with Gasteiger partial charge in [0.2, 0.25) is 11.5 Å². The molecule has 2 N–H and O–H groups in total. The number of aromatic nitrogens is 1. The summed E-state index contributed by atoms with van der Waals surface area (Å²) in [4.78, 5) is 27.3. The van der Waals surface area contributed by atoms with Gasteiger partial charge in [-0.3, -0.25) is 9.59 Å². The summed E-state index contributed by atoms with van der Waals surface area (Å²) in [5, 5.41) is 3.99. The number of H-pyrrole nitrogens is 1. The predicted octanol–water partition coefficient (Wildman–Crippen LogP) is 4.22. The van der Waals surface area contributed by atoms with Crippen molar-refractivity contribution < 1.29 is 4.79 Å². The Hall–Kier alpha value is -2.88. The van der Waals surface area contributed by atoms with Gasteiger partial charge >= 0.3 is 0 Å². The van der Waals surface area contributed by atoms with Crippen molar-refractivity contribution >= 4 is 22.5 Å².